The summed E-state index contributed by atoms with van der Waals surface area (Å²) in [5.74, 6) is -2.80. The lowest BCUT2D eigenvalue weighted by molar-refractivity contribution is -0.134. The van der Waals surface area contributed by atoms with Crippen LogP contribution in [0.15, 0.2) is 84.9 Å². The predicted octanol–water partition coefficient (Wildman–Crippen LogP) is 5.93. The molecule has 1 heterocycles. The lowest BCUT2D eigenvalue weighted by atomic mass is 9.60. The molecule has 180 valence electrons. The maximum Gasteiger partial charge on any atom is 0.239 e. The van der Waals surface area contributed by atoms with Gasteiger partial charge in [0.15, 0.2) is 5.78 Å². The van der Waals surface area contributed by atoms with Crippen molar-refractivity contribution in [3.8, 4) is 0 Å². The monoisotopic (exact) mass is 479 g/mol. The second kappa shape index (κ2) is 7.82. The van der Waals surface area contributed by atoms with Crippen molar-refractivity contribution in [2.24, 2.45) is 22.7 Å². The molecule has 0 aromatic heterocycles. The van der Waals surface area contributed by atoms with Gasteiger partial charge in [-0.2, -0.15) is 0 Å². The molecule has 2 aliphatic carbocycles. The van der Waals surface area contributed by atoms with Gasteiger partial charge >= 0.3 is 0 Å². The van der Waals surface area contributed by atoms with E-state index in [1.165, 1.54) is 29.2 Å². The second-order valence-electron chi connectivity index (χ2n) is 9.90. The summed E-state index contributed by atoms with van der Waals surface area (Å²) in [7, 11) is 0. The van der Waals surface area contributed by atoms with Crippen LogP contribution >= 0.6 is 0 Å². The summed E-state index contributed by atoms with van der Waals surface area (Å²) in [6, 6.07) is 25.0. The third-order valence-corrected chi connectivity index (χ3v) is 8.65. The lowest BCUT2D eigenvalue weighted by Crippen LogP contribution is -2.41. The lowest BCUT2D eigenvalue weighted by Gasteiger charge is -2.38. The smallest absolute Gasteiger partial charge is 0.239 e. The number of Topliss-reactive ketones (excluding diaryl/α,β-unsaturated/α-hetero) is 1. The largest absolute Gasteiger partial charge is 0.298 e. The van der Waals surface area contributed by atoms with Crippen molar-refractivity contribution < 1.29 is 18.8 Å². The SMILES string of the molecule is CCC12C(=O)C(CC)(C(c3ccccc3)=C1c1ccccc1)C1C(=O)N(c3ccc(F)cc3)C(=O)C12. The van der Waals surface area contributed by atoms with Gasteiger partial charge in [0.05, 0.1) is 28.4 Å². The topological polar surface area (TPSA) is 54.5 Å². The van der Waals surface area contributed by atoms with Gasteiger partial charge in [-0.25, -0.2) is 9.29 Å². The number of carbonyl (C=O) groups excluding carboxylic acids is 3. The fourth-order valence-corrected chi connectivity index (χ4v) is 7.30. The average molecular weight is 480 g/mol. The van der Waals surface area contributed by atoms with Crippen molar-refractivity contribution >= 4 is 34.4 Å². The van der Waals surface area contributed by atoms with Crippen molar-refractivity contribution in [1.82, 2.24) is 0 Å². The maximum atomic E-state index is 14.6. The molecular weight excluding hydrogens is 453 g/mol. The van der Waals surface area contributed by atoms with E-state index in [0.717, 1.165) is 22.3 Å². The Bertz CT molecular complexity index is 1340. The van der Waals surface area contributed by atoms with Gasteiger partial charge in [0.2, 0.25) is 11.8 Å². The van der Waals surface area contributed by atoms with E-state index in [4.69, 9.17) is 0 Å². The summed E-state index contributed by atoms with van der Waals surface area (Å²) in [5, 5.41) is 0. The van der Waals surface area contributed by atoms with Crippen LogP contribution in [0.5, 0.6) is 0 Å². The third-order valence-electron chi connectivity index (χ3n) is 8.65. The zero-order chi connectivity index (χ0) is 25.2. The number of rotatable bonds is 5. The number of benzene rings is 3. The van der Waals surface area contributed by atoms with Gasteiger partial charge in [-0.3, -0.25) is 14.4 Å². The first kappa shape index (κ1) is 22.6. The minimum absolute atomic E-state index is 0.0202. The number of hydrogen-bond acceptors (Lipinski definition) is 3. The van der Waals surface area contributed by atoms with E-state index >= 15 is 0 Å². The molecule has 2 bridgehead atoms. The Hall–Kier alpha value is -3.86. The van der Waals surface area contributed by atoms with E-state index in [9.17, 15) is 18.8 Å². The number of halogens is 1. The third kappa shape index (κ3) is 2.55. The maximum absolute atomic E-state index is 14.6. The van der Waals surface area contributed by atoms with Gasteiger partial charge in [-0.15, -0.1) is 0 Å². The summed E-state index contributed by atoms with van der Waals surface area (Å²) < 4.78 is 13.7. The first-order chi connectivity index (χ1) is 17.4. The minimum atomic E-state index is -1.12. The van der Waals surface area contributed by atoms with Crippen LogP contribution in [0.25, 0.3) is 11.1 Å². The van der Waals surface area contributed by atoms with Crippen LogP contribution in [0.2, 0.25) is 0 Å². The zero-order valence-electron chi connectivity index (χ0n) is 20.2. The molecule has 1 aliphatic heterocycles. The van der Waals surface area contributed by atoms with Gasteiger partial charge < -0.3 is 0 Å². The van der Waals surface area contributed by atoms with Gasteiger partial charge in [0.1, 0.15) is 5.82 Å². The van der Waals surface area contributed by atoms with Gasteiger partial charge in [0.25, 0.3) is 0 Å². The molecule has 4 nitrogen and oxygen atoms in total. The quantitative estimate of drug-likeness (QED) is 0.426. The molecule has 3 aromatic carbocycles. The van der Waals surface area contributed by atoms with E-state index in [-0.39, 0.29) is 17.6 Å². The van der Waals surface area contributed by atoms with Crippen LogP contribution in [0.4, 0.5) is 10.1 Å². The van der Waals surface area contributed by atoms with Gasteiger partial charge in [-0.1, -0.05) is 74.5 Å². The summed E-state index contributed by atoms with van der Waals surface area (Å²) in [6.07, 6.45) is 0.817. The van der Waals surface area contributed by atoms with Crippen LogP contribution in [0.3, 0.4) is 0 Å². The number of imide groups is 1. The molecule has 4 atom stereocenters. The Kier molecular flexibility index (Phi) is 4.91. The van der Waals surface area contributed by atoms with Crippen molar-refractivity contribution in [3.05, 3.63) is 102 Å². The Morgan fingerprint density at radius 2 is 1.08 bits per heavy atom. The molecule has 1 saturated heterocycles. The molecule has 6 rings (SSSR count). The minimum Gasteiger partial charge on any atom is -0.298 e. The number of hydrogen-bond donors (Lipinski definition) is 0. The molecule has 5 heteroatoms. The summed E-state index contributed by atoms with van der Waals surface area (Å²) in [5.41, 5.74) is 1.65. The molecule has 0 radical (unpaired) electrons. The highest BCUT2D eigenvalue weighted by atomic mass is 19.1. The first-order valence-corrected chi connectivity index (χ1v) is 12.5. The normalized spacial score (nSPS) is 28.9. The molecule has 1 saturated carbocycles. The fraction of sp³-hybridized carbons (Fsp3) is 0.258. The van der Waals surface area contributed by atoms with Crippen LogP contribution in [0.1, 0.15) is 37.8 Å². The van der Waals surface area contributed by atoms with Crippen LogP contribution in [0, 0.1) is 28.5 Å². The van der Waals surface area contributed by atoms with Gasteiger partial charge in [0, 0.05) is 0 Å². The Balaban J connectivity index is 1.67. The number of nitrogens with zero attached hydrogens (tertiary/aromatic N) is 1. The highest BCUT2D eigenvalue weighted by Gasteiger charge is 2.80. The number of ketones is 1. The molecule has 2 amide bonds. The van der Waals surface area contributed by atoms with E-state index in [1.54, 1.807) is 0 Å². The van der Waals surface area contributed by atoms with Crippen molar-refractivity contribution in [3.63, 3.8) is 0 Å². The van der Waals surface area contributed by atoms with Crippen LogP contribution in [-0.2, 0) is 14.4 Å². The molecule has 3 aliphatic rings. The number of carbonyl (C=O) groups is 3. The molecule has 0 N–H and O–H groups in total. The van der Waals surface area contributed by atoms with E-state index < -0.39 is 28.5 Å². The molecule has 0 spiro atoms. The standard InChI is InChI=1S/C31H26FNO3/c1-3-30-23(19-11-7-5-8-12-19)24(20-13-9-6-10-14-20)31(4-2,29(30)36)26-25(30)27(34)33(28(26)35)22-17-15-21(32)16-18-22/h5-18,25-26H,3-4H2,1-2H3. The number of fused-ring (bicyclic) bond motifs is 5. The molecule has 3 aromatic rings. The highest BCUT2D eigenvalue weighted by molar-refractivity contribution is 6.34. The molecule has 4 unspecified atom stereocenters. The van der Waals surface area contributed by atoms with Crippen molar-refractivity contribution in [2.75, 3.05) is 4.90 Å². The fourth-order valence-electron chi connectivity index (χ4n) is 7.30. The summed E-state index contributed by atoms with van der Waals surface area (Å²) >= 11 is 0. The highest BCUT2D eigenvalue weighted by Crippen LogP contribution is 2.75. The Morgan fingerprint density at radius 1 is 0.667 bits per heavy atom. The molecular formula is C31H26FNO3. The molecule has 36 heavy (non-hydrogen) atoms. The van der Waals surface area contributed by atoms with E-state index in [0.29, 0.717) is 18.5 Å². The second-order valence-corrected chi connectivity index (χ2v) is 9.90. The number of amides is 2. The Morgan fingerprint density at radius 3 is 1.47 bits per heavy atom. The summed E-state index contributed by atoms with van der Waals surface area (Å²) in [6.45, 7) is 3.88. The van der Waals surface area contributed by atoms with Crippen LogP contribution < -0.4 is 4.90 Å². The number of anilines is 1. The molecule has 2 fully saturated rings. The summed E-state index contributed by atoms with van der Waals surface area (Å²) in [4.78, 5) is 44.0. The van der Waals surface area contributed by atoms with E-state index in [1.807, 2.05) is 74.5 Å². The Labute approximate surface area is 209 Å². The van der Waals surface area contributed by atoms with Crippen molar-refractivity contribution in [2.45, 2.75) is 26.7 Å². The van der Waals surface area contributed by atoms with Crippen molar-refractivity contribution in [1.29, 1.82) is 0 Å². The average Bonchev–Trinajstić information content (AvgIpc) is 3.41. The van der Waals surface area contributed by atoms with Gasteiger partial charge in [-0.05, 0) is 59.4 Å². The predicted molar refractivity (Wildman–Crippen MR) is 136 cm³/mol. The van der Waals surface area contributed by atoms with E-state index in [2.05, 4.69) is 0 Å². The zero-order valence-corrected chi connectivity index (χ0v) is 20.2. The number of allylic oxidation sites excluding steroid dienone is 2. The van der Waals surface area contributed by atoms with Crippen LogP contribution in [-0.4, -0.2) is 17.6 Å². The first-order valence-electron chi connectivity index (χ1n) is 12.5.